The molecule has 0 amide bonds. The molecule has 1 heterocycles. The lowest BCUT2D eigenvalue weighted by Crippen LogP contribution is -2.32. The average Bonchev–Trinajstić information content (AvgIpc) is 2.80. The Morgan fingerprint density at radius 3 is 3.05 bits per heavy atom. The maximum Gasteiger partial charge on any atom is 0.208 e. The van der Waals surface area contributed by atoms with E-state index in [9.17, 15) is 0 Å². The van der Waals surface area contributed by atoms with Gasteiger partial charge in [0.15, 0.2) is 0 Å². The number of oxazole rings is 1. The van der Waals surface area contributed by atoms with Crippen molar-refractivity contribution >= 4 is 0 Å². The van der Waals surface area contributed by atoms with E-state index in [0.29, 0.717) is 25.2 Å². The van der Waals surface area contributed by atoms with Gasteiger partial charge in [-0.3, -0.25) is 0 Å². The van der Waals surface area contributed by atoms with Crippen molar-refractivity contribution in [2.75, 3.05) is 26.9 Å². The number of methoxy groups -OCH3 is 1. The monoisotopic (exact) mass is 268 g/mol. The SMILES string of the molecule is CCOC1CC(Cc2cnc(CNCCOC)o2)C1. The zero-order chi connectivity index (χ0) is 13.5. The third-order valence-electron chi connectivity index (χ3n) is 3.45. The highest BCUT2D eigenvalue weighted by molar-refractivity contribution is 4.98. The van der Waals surface area contributed by atoms with E-state index in [2.05, 4.69) is 10.3 Å². The van der Waals surface area contributed by atoms with Crippen LogP contribution in [0, 0.1) is 5.92 Å². The Kier molecular flexibility index (Phi) is 5.82. The molecular weight excluding hydrogens is 244 g/mol. The molecule has 1 aromatic heterocycles. The quantitative estimate of drug-likeness (QED) is 0.692. The Balaban J connectivity index is 1.64. The molecule has 5 heteroatoms. The lowest BCUT2D eigenvalue weighted by Gasteiger charge is -2.34. The van der Waals surface area contributed by atoms with Gasteiger partial charge >= 0.3 is 0 Å². The fourth-order valence-corrected chi connectivity index (χ4v) is 2.39. The topological polar surface area (TPSA) is 56.5 Å². The summed E-state index contributed by atoms with van der Waals surface area (Å²) in [5.74, 6) is 2.44. The number of nitrogens with one attached hydrogen (secondary N) is 1. The van der Waals surface area contributed by atoms with Crippen LogP contribution < -0.4 is 5.32 Å². The van der Waals surface area contributed by atoms with Crippen molar-refractivity contribution in [3.05, 3.63) is 17.8 Å². The Bertz CT molecular complexity index is 361. The van der Waals surface area contributed by atoms with Gasteiger partial charge in [0.1, 0.15) is 5.76 Å². The first-order valence-electron chi connectivity index (χ1n) is 7.06. The normalized spacial score (nSPS) is 22.4. The van der Waals surface area contributed by atoms with E-state index in [0.717, 1.165) is 44.1 Å². The summed E-state index contributed by atoms with van der Waals surface area (Å²) >= 11 is 0. The van der Waals surface area contributed by atoms with Crippen molar-refractivity contribution < 1.29 is 13.9 Å². The zero-order valence-corrected chi connectivity index (χ0v) is 11.9. The molecule has 0 bridgehead atoms. The Morgan fingerprint density at radius 2 is 2.32 bits per heavy atom. The number of hydrogen-bond donors (Lipinski definition) is 1. The van der Waals surface area contributed by atoms with Gasteiger partial charge in [-0.1, -0.05) is 0 Å². The minimum Gasteiger partial charge on any atom is -0.444 e. The van der Waals surface area contributed by atoms with Crippen LogP contribution in [0.4, 0.5) is 0 Å². The van der Waals surface area contributed by atoms with Crippen molar-refractivity contribution in [2.45, 2.75) is 38.8 Å². The first-order valence-corrected chi connectivity index (χ1v) is 7.06. The van der Waals surface area contributed by atoms with Crippen LogP contribution in [0.3, 0.4) is 0 Å². The van der Waals surface area contributed by atoms with Gasteiger partial charge in [0.25, 0.3) is 0 Å². The predicted molar refractivity (Wildman–Crippen MR) is 71.9 cm³/mol. The van der Waals surface area contributed by atoms with Crippen LogP contribution in [-0.4, -0.2) is 38.0 Å². The molecule has 2 rings (SSSR count). The molecule has 0 saturated heterocycles. The molecule has 0 spiro atoms. The lowest BCUT2D eigenvalue weighted by molar-refractivity contribution is -0.0252. The molecule has 1 N–H and O–H groups in total. The summed E-state index contributed by atoms with van der Waals surface area (Å²) in [5, 5.41) is 3.22. The van der Waals surface area contributed by atoms with Crippen LogP contribution >= 0.6 is 0 Å². The standard InChI is InChI=1S/C14H24N2O3/c1-3-18-12-6-11(7-12)8-13-9-16-14(19-13)10-15-4-5-17-2/h9,11-12,15H,3-8,10H2,1-2H3. The Labute approximate surface area is 114 Å². The van der Waals surface area contributed by atoms with Crippen LogP contribution in [0.1, 0.15) is 31.4 Å². The van der Waals surface area contributed by atoms with Crippen molar-refractivity contribution in [1.82, 2.24) is 10.3 Å². The molecule has 0 aliphatic heterocycles. The Morgan fingerprint density at radius 1 is 1.47 bits per heavy atom. The van der Waals surface area contributed by atoms with Gasteiger partial charge in [0.2, 0.25) is 5.89 Å². The largest absolute Gasteiger partial charge is 0.444 e. The smallest absolute Gasteiger partial charge is 0.208 e. The molecule has 0 radical (unpaired) electrons. The van der Waals surface area contributed by atoms with E-state index in [-0.39, 0.29) is 0 Å². The molecule has 0 atom stereocenters. The highest BCUT2D eigenvalue weighted by Gasteiger charge is 2.30. The third-order valence-corrected chi connectivity index (χ3v) is 3.45. The van der Waals surface area contributed by atoms with Crippen LogP contribution in [0.15, 0.2) is 10.6 Å². The minimum atomic E-state index is 0.466. The highest BCUT2D eigenvalue weighted by atomic mass is 16.5. The number of rotatable bonds is 9. The van der Waals surface area contributed by atoms with Gasteiger partial charge in [0, 0.05) is 26.7 Å². The summed E-state index contributed by atoms with van der Waals surface area (Å²) in [6.45, 7) is 5.04. The number of hydrogen-bond acceptors (Lipinski definition) is 5. The number of aromatic nitrogens is 1. The van der Waals surface area contributed by atoms with Crippen molar-refractivity contribution in [3.8, 4) is 0 Å². The average molecular weight is 268 g/mol. The van der Waals surface area contributed by atoms with E-state index in [4.69, 9.17) is 13.9 Å². The van der Waals surface area contributed by atoms with Crippen molar-refractivity contribution in [1.29, 1.82) is 0 Å². The fourth-order valence-electron chi connectivity index (χ4n) is 2.39. The summed E-state index contributed by atoms with van der Waals surface area (Å²) in [7, 11) is 1.69. The summed E-state index contributed by atoms with van der Waals surface area (Å²) in [4.78, 5) is 4.28. The molecule has 1 saturated carbocycles. The maximum atomic E-state index is 5.71. The maximum absolute atomic E-state index is 5.71. The summed E-state index contributed by atoms with van der Waals surface area (Å²) in [5.41, 5.74) is 0. The molecule has 108 valence electrons. The third kappa shape index (κ3) is 4.60. The van der Waals surface area contributed by atoms with Crippen LogP contribution in [0.2, 0.25) is 0 Å². The zero-order valence-electron chi connectivity index (χ0n) is 11.9. The second-order valence-corrected chi connectivity index (χ2v) is 5.01. The number of nitrogens with zero attached hydrogens (tertiary/aromatic N) is 1. The van der Waals surface area contributed by atoms with Crippen molar-refractivity contribution in [2.24, 2.45) is 5.92 Å². The lowest BCUT2D eigenvalue weighted by atomic mass is 9.79. The van der Waals surface area contributed by atoms with Gasteiger partial charge < -0.3 is 19.2 Å². The molecule has 1 aromatic rings. The minimum absolute atomic E-state index is 0.466. The highest BCUT2D eigenvalue weighted by Crippen LogP contribution is 2.32. The van der Waals surface area contributed by atoms with Crippen LogP contribution in [0.25, 0.3) is 0 Å². The molecule has 0 aromatic carbocycles. The molecule has 1 aliphatic rings. The molecule has 19 heavy (non-hydrogen) atoms. The summed E-state index contributed by atoms with van der Waals surface area (Å²) in [6.07, 6.45) is 5.59. The molecule has 1 fully saturated rings. The van der Waals surface area contributed by atoms with E-state index >= 15 is 0 Å². The van der Waals surface area contributed by atoms with Gasteiger partial charge in [-0.25, -0.2) is 4.98 Å². The number of ether oxygens (including phenoxy) is 2. The van der Waals surface area contributed by atoms with Crippen LogP contribution in [0.5, 0.6) is 0 Å². The second kappa shape index (κ2) is 7.62. The molecule has 1 aliphatic carbocycles. The van der Waals surface area contributed by atoms with Gasteiger partial charge in [-0.15, -0.1) is 0 Å². The Hall–Kier alpha value is -0.910. The molecular formula is C14H24N2O3. The van der Waals surface area contributed by atoms with Crippen molar-refractivity contribution in [3.63, 3.8) is 0 Å². The van der Waals surface area contributed by atoms with Gasteiger partial charge in [-0.05, 0) is 25.7 Å². The second-order valence-electron chi connectivity index (χ2n) is 5.01. The summed E-state index contributed by atoms with van der Waals surface area (Å²) < 4.78 is 16.2. The predicted octanol–water partition coefficient (Wildman–Crippen LogP) is 1.77. The molecule has 5 nitrogen and oxygen atoms in total. The van der Waals surface area contributed by atoms with E-state index in [1.807, 2.05) is 13.1 Å². The van der Waals surface area contributed by atoms with Crippen LogP contribution in [-0.2, 0) is 22.4 Å². The van der Waals surface area contributed by atoms with Gasteiger partial charge in [0.05, 0.1) is 25.5 Å². The first kappa shape index (κ1) is 14.5. The summed E-state index contributed by atoms with van der Waals surface area (Å²) in [6, 6.07) is 0. The first-order chi connectivity index (χ1) is 9.31. The molecule has 0 unspecified atom stereocenters. The van der Waals surface area contributed by atoms with E-state index in [1.54, 1.807) is 7.11 Å². The van der Waals surface area contributed by atoms with E-state index < -0.39 is 0 Å². The van der Waals surface area contributed by atoms with E-state index in [1.165, 1.54) is 0 Å². The van der Waals surface area contributed by atoms with Gasteiger partial charge in [-0.2, -0.15) is 0 Å². The fraction of sp³-hybridized carbons (Fsp3) is 0.786.